The fraction of sp³-hybridized carbons (Fsp3) is 0.545. The van der Waals surface area contributed by atoms with E-state index in [0.717, 1.165) is 24.0 Å². The molecule has 1 heterocycles. The summed E-state index contributed by atoms with van der Waals surface area (Å²) in [5.41, 5.74) is 2.05. The Balaban J connectivity index is 2.73. The molecule has 1 aromatic heterocycles. The van der Waals surface area contributed by atoms with Crippen LogP contribution in [0.5, 0.6) is 0 Å². The first-order valence-corrected chi connectivity index (χ1v) is 5.68. The zero-order valence-corrected chi connectivity index (χ0v) is 9.28. The van der Waals surface area contributed by atoms with Gasteiger partial charge in [0.15, 0.2) is 5.78 Å². The van der Waals surface area contributed by atoms with Gasteiger partial charge in [-0.05, 0) is 24.3 Å². The number of thiophene rings is 1. The Morgan fingerprint density at radius 3 is 2.69 bits per heavy atom. The first-order chi connectivity index (χ1) is 6.16. The van der Waals surface area contributed by atoms with Gasteiger partial charge in [0, 0.05) is 16.9 Å². The standard InChI is InChI=1S/C11H16OS/c1-4-5-8(2)11(12)10-7-13-6-9(10)3/h6-8H,4-5H2,1-3H3. The van der Waals surface area contributed by atoms with Crippen LogP contribution in [0.2, 0.25) is 0 Å². The van der Waals surface area contributed by atoms with E-state index in [1.54, 1.807) is 11.3 Å². The zero-order valence-electron chi connectivity index (χ0n) is 8.46. The molecule has 0 aromatic carbocycles. The van der Waals surface area contributed by atoms with Gasteiger partial charge in [0.2, 0.25) is 0 Å². The van der Waals surface area contributed by atoms with Crippen molar-refractivity contribution in [1.82, 2.24) is 0 Å². The van der Waals surface area contributed by atoms with Crippen LogP contribution in [0.25, 0.3) is 0 Å². The van der Waals surface area contributed by atoms with Crippen LogP contribution in [0, 0.1) is 12.8 Å². The summed E-state index contributed by atoms with van der Waals surface area (Å²) < 4.78 is 0. The minimum atomic E-state index is 0.179. The lowest BCUT2D eigenvalue weighted by Gasteiger charge is -2.07. The lowest BCUT2D eigenvalue weighted by Crippen LogP contribution is -2.11. The quantitative estimate of drug-likeness (QED) is 0.671. The largest absolute Gasteiger partial charge is 0.294 e. The SMILES string of the molecule is CCCC(C)C(=O)c1cscc1C. The zero-order chi connectivity index (χ0) is 9.84. The Hall–Kier alpha value is -0.630. The number of hydrogen-bond donors (Lipinski definition) is 0. The third kappa shape index (κ3) is 2.41. The lowest BCUT2D eigenvalue weighted by molar-refractivity contribution is 0.0923. The number of aryl methyl sites for hydroxylation is 1. The van der Waals surface area contributed by atoms with Gasteiger partial charge in [-0.15, -0.1) is 0 Å². The van der Waals surface area contributed by atoms with Crippen molar-refractivity contribution < 1.29 is 4.79 Å². The number of carbonyl (C=O) groups excluding carboxylic acids is 1. The molecule has 0 aliphatic heterocycles. The fourth-order valence-electron chi connectivity index (χ4n) is 1.44. The highest BCUT2D eigenvalue weighted by Crippen LogP contribution is 2.20. The second kappa shape index (κ2) is 4.56. The van der Waals surface area contributed by atoms with Crippen LogP contribution in [-0.2, 0) is 0 Å². The van der Waals surface area contributed by atoms with E-state index in [-0.39, 0.29) is 5.92 Å². The highest BCUT2D eigenvalue weighted by Gasteiger charge is 2.16. The summed E-state index contributed by atoms with van der Waals surface area (Å²) in [6.45, 7) is 6.13. The average Bonchev–Trinajstić information content (AvgIpc) is 2.50. The summed E-state index contributed by atoms with van der Waals surface area (Å²) in [6, 6.07) is 0. The normalized spacial score (nSPS) is 12.8. The maximum atomic E-state index is 11.8. The molecule has 0 bridgehead atoms. The van der Waals surface area contributed by atoms with E-state index in [0.29, 0.717) is 5.78 Å². The summed E-state index contributed by atoms with van der Waals surface area (Å²) in [5.74, 6) is 0.485. The number of carbonyl (C=O) groups is 1. The molecule has 1 rings (SSSR count). The van der Waals surface area contributed by atoms with E-state index in [9.17, 15) is 4.79 Å². The fourth-order valence-corrected chi connectivity index (χ4v) is 2.28. The molecule has 1 atom stereocenters. The second-order valence-corrected chi connectivity index (χ2v) is 4.27. The molecular formula is C11H16OS. The van der Waals surface area contributed by atoms with Crippen LogP contribution in [0.4, 0.5) is 0 Å². The number of ketones is 1. The molecule has 0 radical (unpaired) electrons. The van der Waals surface area contributed by atoms with Crippen molar-refractivity contribution >= 4 is 17.1 Å². The molecule has 1 nitrogen and oxygen atoms in total. The molecule has 0 saturated heterocycles. The van der Waals surface area contributed by atoms with E-state index in [2.05, 4.69) is 6.92 Å². The van der Waals surface area contributed by atoms with Crippen LogP contribution in [-0.4, -0.2) is 5.78 Å². The highest BCUT2D eigenvalue weighted by molar-refractivity contribution is 7.08. The lowest BCUT2D eigenvalue weighted by atomic mass is 9.95. The molecule has 0 amide bonds. The van der Waals surface area contributed by atoms with E-state index in [1.807, 2.05) is 24.6 Å². The van der Waals surface area contributed by atoms with Crippen LogP contribution in [0.3, 0.4) is 0 Å². The predicted molar refractivity (Wildman–Crippen MR) is 57.5 cm³/mol. The van der Waals surface area contributed by atoms with Crippen LogP contribution >= 0.6 is 11.3 Å². The molecule has 0 aliphatic rings. The van der Waals surface area contributed by atoms with Gasteiger partial charge in [0.05, 0.1) is 0 Å². The highest BCUT2D eigenvalue weighted by atomic mass is 32.1. The number of hydrogen-bond acceptors (Lipinski definition) is 2. The van der Waals surface area contributed by atoms with Crippen molar-refractivity contribution in [3.8, 4) is 0 Å². The van der Waals surface area contributed by atoms with Gasteiger partial charge in [0.1, 0.15) is 0 Å². The van der Waals surface area contributed by atoms with Gasteiger partial charge in [-0.3, -0.25) is 4.79 Å². The van der Waals surface area contributed by atoms with Crippen LogP contribution in [0.1, 0.15) is 42.6 Å². The van der Waals surface area contributed by atoms with Crippen molar-refractivity contribution in [2.24, 2.45) is 5.92 Å². The average molecular weight is 196 g/mol. The Bertz CT molecular complexity index is 288. The number of Topliss-reactive ketones (excluding diaryl/α,β-unsaturated/α-hetero) is 1. The first-order valence-electron chi connectivity index (χ1n) is 4.73. The number of rotatable bonds is 4. The molecule has 0 fully saturated rings. The molecule has 0 spiro atoms. The van der Waals surface area contributed by atoms with Crippen molar-refractivity contribution in [3.63, 3.8) is 0 Å². The second-order valence-electron chi connectivity index (χ2n) is 3.52. The summed E-state index contributed by atoms with van der Waals surface area (Å²) >= 11 is 1.61. The van der Waals surface area contributed by atoms with Gasteiger partial charge >= 0.3 is 0 Å². The monoisotopic (exact) mass is 196 g/mol. The smallest absolute Gasteiger partial charge is 0.166 e. The topological polar surface area (TPSA) is 17.1 Å². The molecule has 1 aromatic rings. The van der Waals surface area contributed by atoms with Crippen molar-refractivity contribution in [1.29, 1.82) is 0 Å². The summed E-state index contributed by atoms with van der Waals surface area (Å²) in [5, 5.41) is 4.00. The molecule has 2 heteroatoms. The molecule has 0 aliphatic carbocycles. The third-order valence-corrected chi connectivity index (χ3v) is 3.15. The summed E-state index contributed by atoms with van der Waals surface area (Å²) in [7, 11) is 0. The predicted octanol–water partition coefficient (Wildman–Crippen LogP) is 3.68. The van der Waals surface area contributed by atoms with Gasteiger partial charge in [0.25, 0.3) is 0 Å². The van der Waals surface area contributed by atoms with Crippen molar-refractivity contribution in [2.75, 3.05) is 0 Å². The maximum absolute atomic E-state index is 11.8. The molecule has 72 valence electrons. The van der Waals surface area contributed by atoms with Gasteiger partial charge < -0.3 is 0 Å². The summed E-state index contributed by atoms with van der Waals surface area (Å²) in [4.78, 5) is 11.8. The van der Waals surface area contributed by atoms with Gasteiger partial charge in [-0.25, -0.2) is 0 Å². The minimum Gasteiger partial charge on any atom is -0.294 e. The first kappa shape index (κ1) is 10.5. The van der Waals surface area contributed by atoms with Crippen molar-refractivity contribution in [3.05, 3.63) is 21.9 Å². The van der Waals surface area contributed by atoms with Crippen LogP contribution in [0.15, 0.2) is 10.8 Å². The molecule has 0 saturated carbocycles. The van der Waals surface area contributed by atoms with Crippen LogP contribution < -0.4 is 0 Å². The Kier molecular flexibility index (Phi) is 3.67. The minimum absolute atomic E-state index is 0.179. The van der Waals surface area contributed by atoms with Crippen molar-refractivity contribution in [2.45, 2.75) is 33.6 Å². The Labute approximate surface area is 83.8 Å². The maximum Gasteiger partial charge on any atom is 0.166 e. The summed E-state index contributed by atoms with van der Waals surface area (Å²) in [6.07, 6.45) is 2.07. The molecule has 1 unspecified atom stereocenters. The Morgan fingerprint density at radius 1 is 1.54 bits per heavy atom. The third-order valence-electron chi connectivity index (χ3n) is 2.29. The Morgan fingerprint density at radius 2 is 2.23 bits per heavy atom. The van der Waals surface area contributed by atoms with E-state index in [4.69, 9.17) is 0 Å². The van der Waals surface area contributed by atoms with E-state index >= 15 is 0 Å². The van der Waals surface area contributed by atoms with E-state index < -0.39 is 0 Å². The van der Waals surface area contributed by atoms with Gasteiger partial charge in [-0.1, -0.05) is 20.3 Å². The molecule has 13 heavy (non-hydrogen) atoms. The van der Waals surface area contributed by atoms with E-state index in [1.165, 1.54) is 0 Å². The van der Waals surface area contributed by atoms with Gasteiger partial charge in [-0.2, -0.15) is 11.3 Å². The molecular weight excluding hydrogens is 180 g/mol. The molecule has 0 N–H and O–H groups in total.